The number of nitrogens with one attached hydrogen (secondary N) is 1. The van der Waals surface area contributed by atoms with Gasteiger partial charge in [0, 0.05) is 10.6 Å². The third-order valence-electron chi connectivity index (χ3n) is 4.33. The monoisotopic (exact) mass is 503 g/mol. The average Bonchev–Trinajstić information content (AvgIpc) is 3.45. The van der Waals surface area contributed by atoms with Crippen molar-refractivity contribution in [1.29, 1.82) is 0 Å². The van der Waals surface area contributed by atoms with Gasteiger partial charge in [-0.25, -0.2) is 9.07 Å². The van der Waals surface area contributed by atoms with Crippen LogP contribution in [0.15, 0.2) is 59.1 Å². The third-order valence-corrected chi connectivity index (χ3v) is 6.55. The molecule has 4 aromatic rings. The van der Waals surface area contributed by atoms with Gasteiger partial charge in [-0.2, -0.15) is 5.10 Å². The number of carbonyl (C=O) groups excluding carboxylic acids is 2. The highest BCUT2D eigenvalue weighted by Gasteiger charge is 2.20. The van der Waals surface area contributed by atoms with E-state index in [1.54, 1.807) is 24.3 Å². The van der Waals surface area contributed by atoms with E-state index < -0.39 is 5.91 Å². The van der Waals surface area contributed by atoms with E-state index in [2.05, 4.69) is 20.6 Å². The normalized spacial score (nSPS) is 10.8. The minimum Gasteiger partial charge on any atom is -0.493 e. The lowest BCUT2D eigenvalue weighted by atomic mass is 10.1. The zero-order chi connectivity index (χ0) is 23.4. The molecule has 0 aliphatic heterocycles. The quantitative estimate of drug-likeness (QED) is 0.210. The number of benzene rings is 2. The number of ketones is 1. The number of aromatic nitrogens is 4. The van der Waals surface area contributed by atoms with Crippen molar-refractivity contribution in [3.8, 4) is 11.4 Å². The summed E-state index contributed by atoms with van der Waals surface area (Å²) in [6.07, 6.45) is 1.52. The standard InChI is InChI=1S/C21H15ClFN5O3S2/c1-31-17-10-28(15-8-6-14(23)7-9-15)27-18(17)19(30)24-20-25-26-21(33-20)32-11-16(29)12-2-4-13(22)5-3-12/h2-10H,11H2,1H3,(H,24,25,30). The van der Waals surface area contributed by atoms with Crippen LogP contribution in [-0.4, -0.2) is 44.5 Å². The van der Waals surface area contributed by atoms with E-state index in [1.807, 2.05) is 0 Å². The molecule has 0 aliphatic carbocycles. The maximum atomic E-state index is 13.2. The fraction of sp³-hybridized carbons (Fsp3) is 0.0952. The Morgan fingerprint density at radius 3 is 2.58 bits per heavy atom. The van der Waals surface area contributed by atoms with Crippen LogP contribution >= 0.6 is 34.7 Å². The Morgan fingerprint density at radius 2 is 1.88 bits per heavy atom. The summed E-state index contributed by atoms with van der Waals surface area (Å²) in [5, 5.41) is 15.6. The summed E-state index contributed by atoms with van der Waals surface area (Å²) in [5.74, 6) is -0.591. The summed E-state index contributed by atoms with van der Waals surface area (Å²) in [5.41, 5.74) is 1.15. The molecule has 1 N–H and O–H groups in total. The minimum atomic E-state index is -0.544. The summed E-state index contributed by atoms with van der Waals surface area (Å²) < 4.78 is 20.4. The molecule has 0 atom stereocenters. The third kappa shape index (κ3) is 5.56. The van der Waals surface area contributed by atoms with Crippen LogP contribution in [0.4, 0.5) is 9.52 Å². The van der Waals surface area contributed by atoms with Gasteiger partial charge in [-0.3, -0.25) is 14.9 Å². The van der Waals surface area contributed by atoms with Crippen LogP contribution in [0.3, 0.4) is 0 Å². The Balaban J connectivity index is 1.40. The van der Waals surface area contributed by atoms with E-state index in [9.17, 15) is 14.0 Å². The van der Waals surface area contributed by atoms with Crippen LogP contribution in [0.2, 0.25) is 5.02 Å². The molecule has 2 aromatic carbocycles. The van der Waals surface area contributed by atoms with E-state index in [0.717, 1.165) is 11.3 Å². The van der Waals surface area contributed by atoms with Gasteiger partial charge in [0.15, 0.2) is 21.6 Å². The van der Waals surface area contributed by atoms with Crippen molar-refractivity contribution < 1.29 is 18.7 Å². The maximum absolute atomic E-state index is 13.2. The van der Waals surface area contributed by atoms with Gasteiger partial charge in [0.1, 0.15) is 5.82 Å². The smallest absolute Gasteiger partial charge is 0.281 e. The molecule has 168 valence electrons. The van der Waals surface area contributed by atoms with Crippen molar-refractivity contribution in [2.45, 2.75) is 4.34 Å². The van der Waals surface area contributed by atoms with Crippen molar-refractivity contribution >= 4 is 51.5 Å². The molecule has 0 radical (unpaired) electrons. The van der Waals surface area contributed by atoms with Gasteiger partial charge < -0.3 is 4.74 Å². The molecule has 8 nitrogen and oxygen atoms in total. The number of anilines is 1. The van der Waals surface area contributed by atoms with E-state index in [4.69, 9.17) is 16.3 Å². The Morgan fingerprint density at radius 1 is 1.15 bits per heavy atom. The summed E-state index contributed by atoms with van der Waals surface area (Å²) in [4.78, 5) is 25.0. The number of carbonyl (C=O) groups is 2. The van der Waals surface area contributed by atoms with Crippen LogP contribution in [-0.2, 0) is 0 Å². The van der Waals surface area contributed by atoms with Gasteiger partial charge in [-0.1, -0.05) is 34.7 Å². The first-order valence-corrected chi connectivity index (χ1v) is 11.6. The molecule has 12 heteroatoms. The minimum absolute atomic E-state index is 0.0316. The lowest BCUT2D eigenvalue weighted by Gasteiger charge is -2.01. The average molecular weight is 504 g/mol. The predicted octanol–water partition coefficient (Wildman–Crippen LogP) is 4.75. The van der Waals surface area contributed by atoms with E-state index in [0.29, 0.717) is 20.6 Å². The Labute approximate surface area is 200 Å². The summed E-state index contributed by atoms with van der Waals surface area (Å²) in [7, 11) is 1.42. The highest BCUT2D eigenvalue weighted by molar-refractivity contribution is 8.01. The molecule has 0 aliphatic rings. The molecule has 2 aromatic heterocycles. The summed E-state index contributed by atoms with van der Waals surface area (Å²) in [6.45, 7) is 0. The lowest BCUT2D eigenvalue weighted by molar-refractivity contribution is 0.101. The Hall–Kier alpha value is -3.28. The number of thioether (sulfide) groups is 1. The fourth-order valence-corrected chi connectivity index (χ4v) is 4.48. The first-order valence-electron chi connectivity index (χ1n) is 9.39. The van der Waals surface area contributed by atoms with Crippen LogP contribution in [0.25, 0.3) is 5.69 Å². The highest BCUT2D eigenvalue weighted by atomic mass is 35.5. The molecule has 1 amide bonds. The number of Topliss-reactive ketones (excluding diaryl/α,β-unsaturated/α-hetero) is 1. The molecular weight excluding hydrogens is 489 g/mol. The summed E-state index contributed by atoms with van der Waals surface area (Å²) >= 11 is 8.19. The summed E-state index contributed by atoms with van der Waals surface area (Å²) in [6, 6.07) is 12.3. The molecule has 0 spiro atoms. The molecule has 2 heterocycles. The number of hydrogen-bond donors (Lipinski definition) is 1. The molecule has 0 saturated carbocycles. The first-order chi connectivity index (χ1) is 15.9. The molecule has 0 fully saturated rings. The second-order valence-electron chi connectivity index (χ2n) is 6.51. The van der Waals surface area contributed by atoms with E-state index in [1.165, 1.54) is 54.0 Å². The van der Waals surface area contributed by atoms with E-state index in [-0.39, 0.29) is 33.9 Å². The number of nitrogens with zero attached hydrogens (tertiary/aromatic N) is 4. The first kappa shape index (κ1) is 22.9. The number of hydrogen-bond acceptors (Lipinski definition) is 8. The second-order valence-corrected chi connectivity index (χ2v) is 9.15. The molecule has 4 rings (SSSR count). The SMILES string of the molecule is COc1cn(-c2ccc(F)cc2)nc1C(=O)Nc1nnc(SCC(=O)c2ccc(Cl)cc2)s1. The predicted molar refractivity (Wildman–Crippen MR) is 124 cm³/mol. The van der Waals surface area contributed by atoms with Gasteiger partial charge in [0.05, 0.1) is 24.7 Å². The molecule has 33 heavy (non-hydrogen) atoms. The number of amides is 1. The van der Waals surface area contributed by atoms with Crippen molar-refractivity contribution in [1.82, 2.24) is 20.0 Å². The van der Waals surface area contributed by atoms with Gasteiger partial charge in [-0.05, 0) is 48.5 Å². The van der Waals surface area contributed by atoms with Gasteiger partial charge >= 0.3 is 0 Å². The van der Waals surface area contributed by atoms with Gasteiger partial charge in [0.25, 0.3) is 5.91 Å². The van der Waals surface area contributed by atoms with Crippen LogP contribution < -0.4 is 10.1 Å². The zero-order valence-corrected chi connectivity index (χ0v) is 19.4. The van der Waals surface area contributed by atoms with Crippen molar-refractivity contribution in [3.05, 3.63) is 76.8 Å². The second kappa shape index (κ2) is 10.1. The lowest BCUT2D eigenvalue weighted by Crippen LogP contribution is -2.14. The van der Waals surface area contributed by atoms with Crippen LogP contribution in [0.1, 0.15) is 20.8 Å². The maximum Gasteiger partial charge on any atom is 0.281 e. The molecule has 0 saturated heterocycles. The number of halogens is 2. The number of ether oxygens (including phenoxy) is 1. The molecule has 0 bridgehead atoms. The highest BCUT2D eigenvalue weighted by Crippen LogP contribution is 2.27. The largest absolute Gasteiger partial charge is 0.493 e. The number of methoxy groups -OCH3 is 1. The van der Waals surface area contributed by atoms with Crippen molar-refractivity contribution in [3.63, 3.8) is 0 Å². The fourth-order valence-electron chi connectivity index (χ4n) is 2.71. The topological polar surface area (TPSA) is 99.0 Å². The van der Waals surface area contributed by atoms with Gasteiger partial charge in [0.2, 0.25) is 5.13 Å². The van der Waals surface area contributed by atoms with Crippen LogP contribution in [0.5, 0.6) is 5.75 Å². The Bertz CT molecular complexity index is 1290. The van der Waals surface area contributed by atoms with Crippen molar-refractivity contribution in [2.75, 3.05) is 18.2 Å². The number of rotatable bonds is 8. The molecule has 0 unspecified atom stereocenters. The molecular formula is C21H15ClFN5O3S2. The van der Waals surface area contributed by atoms with Crippen molar-refractivity contribution in [2.24, 2.45) is 0 Å². The van der Waals surface area contributed by atoms with E-state index >= 15 is 0 Å². The zero-order valence-electron chi connectivity index (χ0n) is 17.0. The van der Waals surface area contributed by atoms with Gasteiger partial charge in [-0.15, -0.1) is 10.2 Å². The van der Waals surface area contributed by atoms with Crippen LogP contribution in [0, 0.1) is 5.82 Å². The Kier molecular flexibility index (Phi) is 7.02.